The van der Waals surface area contributed by atoms with Gasteiger partial charge in [0.15, 0.2) is 5.11 Å². The van der Waals surface area contributed by atoms with E-state index in [0.29, 0.717) is 5.11 Å². The largest absolute Gasteiger partial charge is 0.469 e. The normalized spacial score (nSPS) is 9.45. The highest BCUT2D eigenvalue weighted by atomic mass is 32.1. The summed E-state index contributed by atoms with van der Waals surface area (Å²) < 4.78 is 5.09. The Bertz CT molecular complexity index is 220. The van der Waals surface area contributed by atoms with Crippen LogP contribution in [0, 0.1) is 0 Å². The monoisotopic (exact) mass is 170 g/mol. The van der Waals surface area contributed by atoms with Gasteiger partial charge >= 0.3 is 0 Å². The van der Waals surface area contributed by atoms with Crippen LogP contribution in [0.5, 0.6) is 0 Å². The Morgan fingerprint density at radius 3 is 3.09 bits per heavy atom. The lowest BCUT2D eigenvalue weighted by Gasteiger charge is -1.99. The molecule has 11 heavy (non-hydrogen) atoms. The third-order valence-electron chi connectivity index (χ3n) is 1.25. The number of hydrogen-bond acceptors (Lipinski definition) is 2. The summed E-state index contributed by atoms with van der Waals surface area (Å²) in [6.45, 7) is 0.725. The van der Waals surface area contributed by atoms with Crippen LogP contribution >= 0.6 is 12.2 Å². The van der Waals surface area contributed by atoms with Gasteiger partial charge in [-0.25, -0.2) is 0 Å². The lowest BCUT2D eigenvalue weighted by molar-refractivity contribution is 0.507. The van der Waals surface area contributed by atoms with Gasteiger partial charge in [-0.1, -0.05) is 0 Å². The molecule has 0 aromatic carbocycles. The van der Waals surface area contributed by atoms with Crippen LogP contribution in [0.2, 0.25) is 0 Å². The molecule has 0 saturated carbocycles. The van der Waals surface area contributed by atoms with Crippen molar-refractivity contribution < 1.29 is 4.42 Å². The maximum Gasteiger partial charge on any atom is 0.163 e. The van der Waals surface area contributed by atoms with Gasteiger partial charge in [-0.15, -0.1) is 0 Å². The van der Waals surface area contributed by atoms with Crippen LogP contribution < -0.4 is 11.1 Å². The Labute approximate surface area is 70.6 Å². The van der Waals surface area contributed by atoms with Crippen LogP contribution in [0.25, 0.3) is 0 Å². The fraction of sp³-hybridized carbons (Fsp3) is 0.286. The number of nitrogens with two attached hydrogens (primary N) is 1. The zero-order valence-corrected chi connectivity index (χ0v) is 6.86. The van der Waals surface area contributed by atoms with E-state index < -0.39 is 0 Å². The van der Waals surface area contributed by atoms with Crippen molar-refractivity contribution in [1.82, 2.24) is 5.32 Å². The topological polar surface area (TPSA) is 51.2 Å². The molecule has 0 aliphatic heterocycles. The molecule has 0 amide bonds. The average Bonchev–Trinajstić information content (AvgIpc) is 2.39. The molecule has 4 heteroatoms. The smallest absolute Gasteiger partial charge is 0.163 e. The van der Waals surface area contributed by atoms with Crippen molar-refractivity contribution >= 4 is 17.3 Å². The molecule has 1 aromatic heterocycles. The fourth-order valence-corrected chi connectivity index (χ4v) is 0.866. The predicted molar refractivity (Wildman–Crippen MR) is 47.2 cm³/mol. The summed E-state index contributed by atoms with van der Waals surface area (Å²) in [5.74, 6) is 0.939. The SMILES string of the molecule is NC(=S)NCCc1ccco1. The number of furan rings is 1. The minimum absolute atomic E-state index is 0.330. The molecule has 0 unspecified atom stereocenters. The van der Waals surface area contributed by atoms with Gasteiger partial charge in [0.05, 0.1) is 6.26 Å². The van der Waals surface area contributed by atoms with Crippen LogP contribution in [0.1, 0.15) is 5.76 Å². The molecule has 3 nitrogen and oxygen atoms in total. The van der Waals surface area contributed by atoms with Gasteiger partial charge in [0.1, 0.15) is 5.76 Å². The summed E-state index contributed by atoms with van der Waals surface area (Å²) in [7, 11) is 0. The van der Waals surface area contributed by atoms with Gasteiger partial charge in [0.2, 0.25) is 0 Å². The molecule has 0 bridgehead atoms. The molecule has 0 saturated heterocycles. The Kier molecular flexibility index (Phi) is 2.92. The first-order valence-corrected chi connectivity index (χ1v) is 3.75. The van der Waals surface area contributed by atoms with Crippen molar-refractivity contribution in [3.63, 3.8) is 0 Å². The molecular formula is C7H10N2OS. The number of nitrogens with one attached hydrogen (secondary N) is 1. The zero-order valence-electron chi connectivity index (χ0n) is 6.04. The van der Waals surface area contributed by atoms with Gasteiger partial charge in [-0.3, -0.25) is 0 Å². The first kappa shape index (κ1) is 8.07. The zero-order chi connectivity index (χ0) is 8.10. The summed E-state index contributed by atoms with van der Waals surface area (Å²) in [5, 5.41) is 3.16. The Morgan fingerprint density at radius 1 is 1.73 bits per heavy atom. The summed E-state index contributed by atoms with van der Waals surface area (Å²) in [6.07, 6.45) is 2.46. The molecule has 0 spiro atoms. The number of thiocarbonyl (C=S) groups is 1. The second-order valence-electron chi connectivity index (χ2n) is 2.12. The molecule has 0 aliphatic carbocycles. The maximum atomic E-state index is 5.22. The predicted octanol–water partition coefficient (Wildman–Crippen LogP) is 0.655. The molecule has 0 atom stereocenters. The van der Waals surface area contributed by atoms with E-state index >= 15 is 0 Å². The fourth-order valence-electron chi connectivity index (χ4n) is 0.764. The summed E-state index contributed by atoms with van der Waals surface area (Å²) in [4.78, 5) is 0. The summed E-state index contributed by atoms with van der Waals surface area (Å²) in [5.41, 5.74) is 5.22. The van der Waals surface area contributed by atoms with Crippen molar-refractivity contribution in [3.8, 4) is 0 Å². The second kappa shape index (κ2) is 3.98. The van der Waals surface area contributed by atoms with E-state index in [1.807, 2.05) is 12.1 Å². The van der Waals surface area contributed by atoms with Crippen LogP contribution in [-0.2, 0) is 6.42 Å². The van der Waals surface area contributed by atoms with E-state index in [4.69, 9.17) is 10.2 Å². The highest BCUT2D eigenvalue weighted by molar-refractivity contribution is 7.80. The molecule has 0 fully saturated rings. The van der Waals surface area contributed by atoms with E-state index in [9.17, 15) is 0 Å². The van der Waals surface area contributed by atoms with Gasteiger partial charge < -0.3 is 15.5 Å². The molecule has 1 rings (SSSR count). The van der Waals surface area contributed by atoms with Crippen LogP contribution in [0.3, 0.4) is 0 Å². The Balaban J connectivity index is 2.19. The summed E-state index contributed by atoms with van der Waals surface area (Å²) >= 11 is 4.63. The number of rotatable bonds is 3. The highest BCUT2D eigenvalue weighted by Crippen LogP contribution is 1.98. The van der Waals surface area contributed by atoms with Crippen molar-refractivity contribution in [1.29, 1.82) is 0 Å². The van der Waals surface area contributed by atoms with Gasteiger partial charge in [0, 0.05) is 13.0 Å². The van der Waals surface area contributed by atoms with Crippen molar-refractivity contribution in [2.24, 2.45) is 5.73 Å². The van der Waals surface area contributed by atoms with Gasteiger partial charge in [-0.2, -0.15) is 0 Å². The van der Waals surface area contributed by atoms with E-state index in [-0.39, 0.29) is 0 Å². The van der Waals surface area contributed by atoms with Crippen molar-refractivity contribution in [3.05, 3.63) is 24.2 Å². The molecular weight excluding hydrogens is 160 g/mol. The minimum atomic E-state index is 0.330. The second-order valence-corrected chi connectivity index (χ2v) is 2.56. The van der Waals surface area contributed by atoms with E-state index in [1.165, 1.54) is 0 Å². The Hall–Kier alpha value is -1.03. The lowest BCUT2D eigenvalue weighted by atomic mass is 10.3. The van der Waals surface area contributed by atoms with Crippen molar-refractivity contribution in [2.75, 3.05) is 6.54 Å². The van der Waals surface area contributed by atoms with Crippen LogP contribution in [-0.4, -0.2) is 11.7 Å². The molecule has 3 N–H and O–H groups in total. The molecule has 0 aliphatic rings. The molecule has 0 radical (unpaired) electrons. The van der Waals surface area contributed by atoms with E-state index in [2.05, 4.69) is 17.5 Å². The molecule has 60 valence electrons. The van der Waals surface area contributed by atoms with Crippen LogP contribution in [0.15, 0.2) is 22.8 Å². The quantitative estimate of drug-likeness (QED) is 0.654. The van der Waals surface area contributed by atoms with Crippen LogP contribution in [0.4, 0.5) is 0 Å². The molecule has 1 aromatic rings. The Morgan fingerprint density at radius 2 is 2.55 bits per heavy atom. The third kappa shape index (κ3) is 3.04. The lowest BCUT2D eigenvalue weighted by Crippen LogP contribution is -2.30. The van der Waals surface area contributed by atoms with Crippen molar-refractivity contribution in [2.45, 2.75) is 6.42 Å². The summed E-state index contributed by atoms with van der Waals surface area (Å²) in [6, 6.07) is 3.78. The third-order valence-corrected chi connectivity index (χ3v) is 1.40. The molecule has 1 heterocycles. The first-order chi connectivity index (χ1) is 5.29. The average molecular weight is 170 g/mol. The minimum Gasteiger partial charge on any atom is -0.469 e. The van der Waals surface area contributed by atoms with E-state index in [1.54, 1.807) is 6.26 Å². The van der Waals surface area contributed by atoms with E-state index in [0.717, 1.165) is 18.7 Å². The van der Waals surface area contributed by atoms with Gasteiger partial charge in [0.25, 0.3) is 0 Å². The number of hydrogen-bond donors (Lipinski definition) is 2. The highest BCUT2D eigenvalue weighted by Gasteiger charge is 1.93. The standard InChI is InChI=1S/C7H10N2OS/c8-7(11)9-4-3-6-2-1-5-10-6/h1-2,5H,3-4H2,(H3,8,9,11). The maximum absolute atomic E-state index is 5.22. The van der Waals surface area contributed by atoms with Gasteiger partial charge in [-0.05, 0) is 24.4 Å². The first-order valence-electron chi connectivity index (χ1n) is 3.35.